The predicted octanol–water partition coefficient (Wildman–Crippen LogP) is 5.78. The van der Waals surface area contributed by atoms with E-state index in [9.17, 15) is 14.4 Å². The monoisotopic (exact) mass is 507 g/mol. The molecule has 0 radical (unpaired) electrons. The van der Waals surface area contributed by atoms with Gasteiger partial charge in [0, 0.05) is 11.7 Å². The van der Waals surface area contributed by atoms with Gasteiger partial charge >= 0.3 is 6.09 Å². The van der Waals surface area contributed by atoms with Gasteiger partial charge in [-0.05, 0) is 75.6 Å². The van der Waals surface area contributed by atoms with Gasteiger partial charge in [-0.1, -0.05) is 63.2 Å². The Kier molecular flexibility index (Phi) is 9.00. The van der Waals surface area contributed by atoms with Gasteiger partial charge in [0.25, 0.3) is 5.91 Å². The van der Waals surface area contributed by atoms with E-state index in [1.54, 1.807) is 25.7 Å². The molecule has 0 heterocycles. The average Bonchev–Trinajstić information content (AvgIpc) is 3.66. The topological polar surface area (TPSA) is 87.7 Å². The van der Waals surface area contributed by atoms with Gasteiger partial charge in [-0.2, -0.15) is 0 Å². The number of anilines is 1. The Morgan fingerprint density at radius 3 is 2.16 bits per heavy atom. The smallest absolute Gasteiger partial charge is 0.408 e. The van der Waals surface area contributed by atoms with E-state index in [0.717, 1.165) is 36.0 Å². The molecule has 0 spiro atoms. The second kappa shape index (κ2) is 11.8. The summed E-state index contributed by atoms with van der Waals surface area (Å²) in [5.74, 6) is -0.768. The summed E-state index contributed by atoms with van der Waals surface area (Å²) in [6, 6.07) is 13.7. The van der Waals surface area contributed by atoms with Crippen LogP contribution in [0.2, 0.25) is 0 Å². The number of para-hydroxylation sites is 1. The van der Waals surface area contributed by atoms with Crippen LogP contribution in [0.25, 0.3) is 0 Å². The van der Waals surface area contributed by atoms with Crippen molar-refractivity contribution in [3.63, 3.8) is 0 Å². The van der Waals surface area contributed by atoms with E-state index in [-0.39, 0.29) is 23.8 Å². The highest BCUT2D eigenvalue weighted by atomic mass is 16.6. The van der Waals surface area contributed by atoms with E-state index < -0.39 is 23.8 Å². The molecule has 1 aliphatic rings. The van der Waals surface area contributed by atoms with Crippen molar-refractivity contribution in [2.24, 2.45) is 5.92 Å². The summed E-state index contributed by atoms with van der Waals surface area (Å²) >= 11 is 0. The Morgan fingerprint density at radius 1 is 1.03 bits per heavy atom. The molecule has 1 saturated carbocycles. The predicted molar refractivity (Wildman–Crippen MR) is 146 cm³/mol. The molecular weight excluding hydrogens is 466 g/mol. The second-order valence-electron chi connectivity index (χ2n) is 11.1. The fraction of sp³-hybridized carbons (Fsp3) is 0.500. The molecule has 37 heavy (non-hydrogen) atoms. The molecule has 200 valence electrons. The van der Waals surface area contributed by atoms with E-state index in [1.807, 2.05) is 69.3 Å². The van der Waals surface area contributed by atoms with Crippen LogP contribution in [-0.2, 0) is 20.7 Å². The van der Waals surface area contributed by atoms with Gasteiger partial charge in [0.2, 0.25) is 5.91 Å². The van der Waals surface area contributed by atoms with E-state index >= 15 is 0 Å². The minimum atomic E-state index is -0.841. The molecule has 2 N–H and O–H groups in total. The molecule has 2 atom stereocenters. The van der Waals surface area contributed by atoms with Crippen molar-refractivity contribution in [3.05, 3.63) is 65.2 Å². The van der Waals surface area contributed by atoms with Crippen molar-refractivity contribution in [3.8, 4) is 0 Å². The van der Waals surface area contributed by atoms with Crippen LogP contribution < -0.4 is 10.6 Å². The molecule has 1 fully saturated rings. The van der Waals surface area contributed by atoms with Gasteiger partial charge < -0.3 is 20.3 Å². The number of alkyl carbamates (subject to hydrolysis) is 1. The Hall–Kier alpha value is -3.35. The molecule has 0 aromatic heterocycles. The number of rotatable bonds is 9. The Bertz CT molecular complexity index is 1100. The maximum atomic E-state index is 14.1. The lowest BCUT2D eigenvalue weighted by Gasteiger charge is -2.36. The Morgan fingerprint density at radius 2 is 1.65 bits per heavy atom. The van der Waals surface area contributed by atoms with E-state index in [1.165, 1.54) is 0 Å². The highest BCUT2D eigenvalue weighted by Crippen LogP contribution is 2.37. The molecule has 1 aliphatic carbocycles. The number of ether oxygens (including phenoxy) is 1. The number of hydrogen-bond donors (Lipinski definition) is 2. The molecule has 2 unspecified atom stereocenters. The minimum absolute atomic E-state index is 0.0762. The van der Waals surface area contributed by atoms with E-state index in [4.69, 9.17) is 4.74 Å². The fourth-order valence-electron chi connectivity index (χ4n) is 4.27. The first-order valence-electron chi connectivity index (χ1n) is 13.2. The van der Waals surface area contributed by atoms with Crippen molar-refractivity contribution in [2.75, 3.05) is 5.32 Å². The third-order valence-electron chi connectivity index (χ3n) is 6.43. The zero-order valence-electron chi connectivity index (χ0n) is 23.1. The lowest BCUT2D eigenvalue weighted by Crippen LogP contribution is -2.55. The van der Waals surface area contributed by atoms with E-state index in [2.05, 4.69) is 17.6 Å². The Balaban J connectivity index is 1.99. The third kappa shape index (κ3) is 7.57. The molecule has 0 aliphatic heterocycles. The molecule has 0 saturated heterocycles. The van der Waals surface area contributed by atoms with Crippen LogP contribution in [0.4, 0.5) is 10.5 Å². The van der Waals surface area contributed by atoms with Crippen molar-refractivity contribution in [2.45, 2.75) is 91.5 Å². The van der Waals surface area contributed by atoms with Gasteiger partial charge in [-0.25, -0.2) is 4.79 Å². The molecule has 0 bridgehead atoms. The average molecular weight is 508 g/mol. The van der Waals surface area contributed by atoms with Crippen LogP contribution in [-0.4, -0.2) is 40.5 Å². The lowest BCUT2D eigenvalue weighted by atomic mass is 9.97. The first-order valence-corrected chi connectivity index (χ1v) is 13.2. The molecule has 7 heteroatoms. The van der Waals surface area contributed by atoms with Crippen LogP contribution in [0.15, 0.2) is 48.5 Å². The fourth-order valence-corrected chi connectivity index (χ4v) is 4.27. The normalized spacial score (nSPS) is 15.0. The molecular formula is C30H41N3O4. The highest BCUT2D eigenvalue weighted by molar-refractivity contribution is 5.99. The summed E-state index contributed by atoms with van der Waals surface area (Å²) in [6.07, 6.45) is 1.85. The van der Waals surface area contributed by atoms with Gasteiger partial charge in [-0.15, -0.1) is 0 Å². The van der Waals surface area contributed by atoms with Crippen molar-refractivity contribution < 1.29 is 19.1 Å². The largest absolute Gasteiger partial charge is 0.444 e. The van der Waals surface area contributed by atoms with Gasteiger partial charge in [-0.3, -0.25) is 9.59 Å². The van der Waals surface area contributed by atoms with Crippen LogP contribution in [0.1, 0.15) is 77.1 Å². The SMILES string of the molecule is CCc1ccc(C(C(=O)Nc2ccccc2C)N(C(=O)C(NC(=O)OC(C)(C)C)C(C)C)C2CC2)cc1. The van der Waals surface area contributed by atoms with Gasteiger partial charge in [0.15, 0.2) is 0 Å². The highest BCUT2D eigenvalue weighted by Gasteiger charge is 2.44. The number of nitrogens with zero attached hydrogens (tertiary/aromatic N) is 1. The maximum Gasteiger partial charge on any atom is 0.408 e. The summed E-state index contributed by atoms with van der Waals surface area (Å²) in [5.41, 5.74) is 2.84. The molecule has 2 aromatic rings. The first-order chi connectivity index (χ1) is 17.4. The van der Waals surface area contributed by atoms with Gasteiger partial charge in [0.05, 0.1) is 0 Å². The van der Waals surface area contributed by atoms with E-state index in [0.29, 0.717) is 5.69 Å². The van der Waals surface area contributed by atoms with Crippen molar-refractivity contribution >= 4 is 23.6 Å². The number of carbonyl (C=O) groups is 3. The van der Waals surface area contributed by atoms with Gasteiger partial charge in [0.1, 0.15) is 17.7 Å². The molecule has 3 amide bonds. The summed E-state index contributed by atoms with van der Waals surface area (Å²) in [6.45, 7) is 13.1. The van der Waals surface area contributed by atoms with Crippen LogP contribution in [0.3, 0.4) is 0 Å². The molecule has 7 nitrogen and oxygen atoms in total. The summed E-state index contributed by atoms with van der Waals surface area (Å²) in [5, 5.41) is 5.82. The number of nitrogens with one attached hydrogen (secondary N) is 2. The van der Waals surface area contributed by atoms with Crippen molar-refractivity contribution in [1.29, 1.82) is 0 Å². The lowest BCUT2D eigenvalue weighted by molar-refractivity contribution is -0.142. The zero-order chi connectivity index (χ0) is 27.3. The third-order valence-corrected chi connectivity index (χ3v) is 6.43. The number of benzene rings is 2. The second-order valence-corrected chi connectivity index (χ2v) is 11.1. The maximum absolute atomic E-state index is 14.1. The number of carbonyl (C=O) groups excluding carboxylic acids is 3. The number of hydrogen-bond acceptors (Lipinski definition) is 4. The van der Waals surface area contributed by atoms with Crippen LogP contribution >= 0.6 is 0 Å². The van der Waals surface area contributed by atoms with Crippen LogP contribution in [0, 0.1) is 12.8 Å². The standard InChI is InChI=1S/C30H41N3O4/c1-8-21-13-15-22(16-14-21)26(27(34)31-24-12-10-9-11-20(24)4)33(23-17-18-23)28(35)25(19(2)3)32-29(36)37-30(5,6)7/h9-16,19,23,25-26H,8,17-18H2,1-7H3,(H,31,34)(H,32,36). The summed E-state index contributed by atoms with van der Waals surface area (Å²) < 4.78 is 5.43. The molecule has 3 rings (SSSR count). The quantitative estimate of drug-likeness (QED) is 0.451. The minimum Gasteiger partial charge on any atom is -0.444 e. The first kappa shape index (κ1) is 28.2. The number of aryl methyl sites for hydroxylation is 2. The zero-order valence-corrected chi connectivity index (χ0v) is 23.1. The summed E-state index contributed by atoms with van der Waals surface area (Å²) in [7, 11) is 0. The van der Waals surface area contributed by atoms with Crippen LogP contribution in [0.5, 0.6) is 0 Å². The Labute approximate surface area is 221 Å². The van der Waals surface area contributed by atoms with Crippen molar-refractivity contribution in [1.82, 2.24) is 10.2 Å². The number of amides is 3. The summed E-state index contributed by atoms with van der Waals surface area (Å²) in [4.78, 5) is 42.3. The molecule has 2 aromatic carbocycles.